The van der Waals surface area contributed by atoms with Crippen molar-refractivity contribution in [2.24, 2.45) is 35.5 Å². The van der Waals surface area contributed by atoms with Gasteiger partial charge in [0.05, 0.1) is 11.2 Å². The Bertz CT molecular complexity index is 720. The van der Waals surface area contributed by atoms with E-state index in [4.69, 9.17) is 9.47 Å². The molecule has 0 aliphatic heterocycles. The molecular weight excluding hydrogens is 536 g/mol. The van der Waals surface area contributed by atoms with Crippen LogP contribution in [0.3, 0.4) is 0 Å². The quantitative estimate of drug-likeness (QED) is 0.0677. The maximum absolute atomic E-state index is 5.50. The normalized spacial score (nSPS) is 17.6. The first kappa shape index (κ1) is 42.9. The van der Waals surface area contributed by atoms with E-state index >= 15 is 0 Å². The van der Waals surface area contributed by atoms with Crippen LogP contribution in [0.25, 0.3) is 0 Å². The van der Waals surface area contributed by atoms with Crippen LogP contribution in [-0.2, 0) is 9.47 Å². The summed E-state index contributed by atoms with van der Waals surface area (Å²) in [6, 6.07) is 0. The Morgan fingerprint density at radius 1 is 0.432 bits per heavy atom. The fraction of sp³-hybridized carbons (Fsp3) is 0.810. The van der Waals surface area contributed by atoms with Crippen LogP contribution in [0.15, 0.2) is 48.6 Å². The second kappa shape index (κ2) is 25.0. The van der Waals surface area contributed by atoms with Crippen LogP contribution in [0, 0.1) is 35.5 Å². The molecule has 0 fully saturated rings. The number of hydrogen-bond donors (Lipinski definition) is 0. The second-order valence-electron chi connectivity index (χ2n) is 15.8. The number of unbranched alkanes of at least 4 members (excludes halogenated alkanes) is 1. The molecule has 0 aromatic heterocycles. The van der Waals surface area contributed by atoms with E-state index in [1.54, 1.807) is 14.2 Å². The predicted octanol–water partition coefficient (Wildman–Crippen LogP) is 13.3. The van der Waals surface area contributed by atoms with Crippen molar-refractivity contribution in [2.75, 3.05) is 14.2 Å². The molecule has 0 aliphatic carbocycles. The molecule has 0 rings (SSSR count). The van der Waals surface area contributed by atoms with Gasteiger partial charge in [0.15, 0.2) is 0 Å². The molecule has 0 saturated heterocycles. The Labute approximate surface area is 277 Å². The molecule has 44 heavy (non-hydrogen) atoms. The molecule has 2 heteroatoms. The summed E-state index contributed by atoms with van der Waals surface area (Å²) >= 11 is 0. The van der Waals surface area contributed by atoms with Crippen molar-refractivity contribution in [2.45, 2.75) is 170 Å². The van der Waals surface area contributed by atoms with Crippen LogP contribution >= 0.6 is 0 Å². The molecule has 0 N–H and O–H groups in total. The minimum absolute atomic E-state index is 0.0680. The third-order valence-electron chi connectivity index (χ3n) is 9.59. The van der Waals surface area contributed by atoms with Crippen molar-refractivity contribution in [3.8, 4) is 0 Å². The number of allylic oxidation sites excluding steroid dienone is 6. The van der Waals surface area contributed by atoms with Crippen molar-refractivity contribution >= 4 is 0 Å². The Hall–Kier alpha value is -1.12. The summed E-state index contributed by atoms with van der Waals surface area (Å²) in [5.41, 5.74) is -0.136. The highest BCUT2D eigenvalue weighted by molar-refractivity contribution is 5.01. The fourth-order valence-corrected chi connectivity index (χ4v) is 5.62. The maximum Gasteiger partial charge on any atom is 0.0657 e. The van der Waals surface area contributed by atoms with Crippen LogP contribution in [0.5, 0.6) is 0 Å². The molecule has 0 saturated carbocycles. The predicted molar refractivity (Wildman–Crippen MR) is 198 cm³/mol. The van der Waals surface area contributed by atoms with Gasteiger partial charge in [-0.05, 0) is 88.9 Å². The zero-order chi connectivity index (χ0) is 33.4. The Balaban J connectivity index is 3.90. The summed E-state index contributed by atoms with van der Waals surface area (Å²) in [5, 5.41) is 0. The van der Waals surface area contributed by atoms with Crippen molar-refractivity contribution in [1.29, 1.82) is 0 Å². The monoisotopic (exact) mass is 615 g/mol. The zero-order valence-corrected chi connectivity index (χ0v) is 31.8. The molecule has 258 valence electrons. The summed E-state index contributed by atoms with van der Waals surface area (Å²) in [7, 11) is 3.58. The van der Waals surface area contributed by atoms with E-state index in [-0.39, 0.29) is 11.2 Å². The molecule has 0 spiro atoms. The molecule has 0 aliphatic rings. The highest BCUT2D eigenvalue weighted by Gasteiger charge is 2.14. The van der Waals surface area contributed by atoms with Crippen LogP contribution in [0.1, 0.15) is 159 Å². The van der Waals surface area contributed by atoms with Crippen molar-refractivity contribution in [3.63, 3.8) is 0 Å². The zero-order valence-electron chi connectivity index (χ0n) is 31.8. The Morgan fingerprint density at radius 3 is 1.07 bits per heavy atom. The van der Waals surface area contributed by atoms with E-state index < -0.39 is 0 Å². The lowest BCUT2D eigenvalue weighted by Gasteiger charge is -2.20. The Morgan fingerprint density at radius 2 is 0.727 bits per heavy atom. The Kier molecular flexibility index (Phi) is 24.4. The van der Waals surface area contributed by atoms with Gasteiger partial charge in [0, 0.05) is 14.2 Å². The molecule has 6 unspecified atom stereocenters. The summed E-state index contributed by atoms with van der Waals surface area (Å²) in [4.78, 5) is 0. The van der Waals surface area contributed by atoms with Crippen molar-refractivity contribution in [1.82, 2.24) is 0 Å². The summed E-state index contributed by atoms with van der Waals surface area (Å²) in [6.45, 7) is 22.9. The molecule has 6 atom stereocenters. The first-order chi connectivity index (χ1) is 20.7. The average molecular weight is 615 g/mol. The summed E-state index contributed by atoms with van der Waals surface area (Å²) in [5.74, 6) is 4.31. The van der Waals surface area contributed by atoms with Gasteiger partial charge in [-0.3, -0.25) is 0 Å². The number of hydrogen-bond acceptors (Lipinski definition) is 2. The van der Waals surface area contributed by atoms with Gasteiger partial charge in [0.25, 0.3) is 0 Å². The molecule has 0 aromatic carbocycles. The van der Waals surface area contributed by atoms with Gasteiger partial charge in [-0.15, -0.1) is 0 Å². The summed E-state index contributed by atoms with van der Waals surface area (Å²) < 4.78 is 11.0. The maximum atomic E-state index is 5.50. The second-order valence-corrected chi connectivity index (χ2v) is 15.8. The minimum Gasteiger partial charge on any atom is -0.378 e. The largest absolute Gasteiger partial charge is 0.378 e. The van der Waals surface area contributed by atoms with E-state index in [0.717, 1.165) is 36.5 Å². The van der Waals surface area contributed by atoms with Gasteiger partial charge >= 0.3 is 0 Å². The number of methoxy groups -OCH3 is 2. The molecule has 0 heterocycles. The highest BCUT2D eigenvalue weighted by Crippen LogP contribution is 2.23. The fourth-order valence-electron chi connectivity index (χ4n) is 5.62. The van der Waals surface area contributed by atoms with Gasteiger partial charge in [-0.1, -0.05) is 154 Å². The topological polar surface area (TPSA) is 18.5 Å². The van der Waals surface area contributed by atoms with Gasteiger partial charge in [0.1, 0.15) is 0 Å². The van der Waals surface area contributed by atoms with Gasteiger partial charge in [-0.2, -0.15) is 0 Å². The molecule has 0 bridgehead atoms. The standard InChI is InChI=1S/C42H78O2/c1-35(23-15-25-37(3)27-17-29-39(5)31-19-33-41(7,8)43-11)21-13-14-22-36(2)24-16-26-38(4)28-18-30-40(6)32-20-34-42(9,10)44-12/h17-20,29-32,35-40H,13-16,21-28,33-34H2,1-12H3/b29-17+,30-18+,31-19+,32-20+. The molecule has 0 amide bonds. The summed E-state index contributed by atoms with van der Waals surface area (Å²) in [6.07, 6.45) is 36.9. The molecule has 0 aromatic rings. The van der Waals surface area contributed by atoms with Gasteiger partial charge < -0.3 is 9.47 Å². The molecular formula is C42H78O2. The smallest absolute Gasteiger partial charge is 0.0657 e. The number of ether oxygens (including phenoxy) is 2. The van der Waals surface area contributed by atoms with E-state index in [9.17, 15) is 0 Å². The van der Waals surface area contributed by atoms with Crippen molar-refractivity contribution < 1.29 is 9.47 Å². The van der Waals surface area contributed by atoms with E-state index in [1.807, 2.05) is 0 Å². The van der Waals surface area contributed by atoms with Gasteiger partial charge in [0.2, 0.25) is 0 Å². The van der Waals surface area contributed by atoms with Crippen LogP contribution < -0.4 is 0 Å². The highest BCUT2D eigenvalue weighted by atomic mass is 16.5. The SMILES string of the molecule is COC(C)(C)C/C=C/C(C)/C=C/CC(C)CCCC(C)CCCCC(C)CCCC(C)C/C=C/C(C)/C=C/CC(C)(C)OC. The van der Waals surface area contributed by atoms with Gasteiger partial charge in [-0.25, -0.2) is 0 Å². The van der Waals surface area contributed by atoms with E-state index in [2.05, 4.69) is 118 Å². The first-order valence-electron chi connectivity index (χ1n) is 18.5. The first-order valence-corrected chi connectivity index (χ1v) is 18.5. The van der Waals surface area contributed by atoms with Crippen LogP contribution in [0.2, 0.25) is 0 Å². The minimum atomic E-state index is -0.0680. The number of rotatable bonds is 27. The van der Waals surface area contributed by atoms with E-state index in [0.29, 0.717) is 11.8 Å². The molecule has 0 radical (unpaired) electrons. The molecule has 2 nitrogen and oxygen atoms in total. The lowest BCUT2D eigenvalue weighted by Crippen LogP contribution is -2.20. The third-order valence-corrected chi connectivity index (χ3v) is 9.59. The lowest BCUT2D eigenvalue weighted by molar-refractivity contribution is 0.0251. The van der Waals surface area contributed by atoms with Crippen LogP contribution in [0.4, 0.5) is 0 Å². The third kappa shape index (κ3) is 26.1. The lowest BCUT2D eigenvalue weighted by atomic mass is 9.91. The van der Waals surface area contributed by atoms with Crippen molar-refractivity contribution in [3.05, 3.63) is 48.6 Å². The van der Waals surface area contributed by atoms with Crippen LogP contribution in [-0.4, -0.2) is 25.4 Å². The average Bonchev–Trinajstić information content (AvgIpc) is 2.95. The van der Waals surface area contributed by atoms with E-state index in [1.165, 1.54) is 77.0 Å².